The molecule has 0 spiro atoms. The van der Waals surface area contributed by atoms with Crippen molar-refractivity contribution in [2.75, 3.05) is 18.4 Å². The van der Waals surface area contributed by atoms with Crippen LogP contribution in [-0.2, 0) is 4.79 Å². The van der Waals surface area contributed by atoms with Crippen LogP contribution in [0.3, 0.4) is 0 Å². The molecule has 1 aliphatic heterocycles. The number of hydrogen-bond donors (Lipinski definition) is 2. The van der Waals surface area contributed by atoms with E-state index in [9.17, 15) is 4.79 Å². The zero-order valence-corrected chi connectivity index (χ0v) is 15.4. The fourth-order valence-electron chi connectivity index (χ4n) is 3.49. The van der Waals surface area contributed by atoms with Gasteiger partial charge in [-0.2, -0.15) is 0 Å². The van der Waals surface area contributed by atoms with Gasteiger partial charge in [0.05, 0.1) is 5.92 Å². The van der Waals surface area contributed by atoms with Crippen molar-refractivity contribution in [1.82, 2.24) is 10.3 Å². The monoisotopic (exact) mass is 351 g/mol. The van der Waals surface area contributed by atoms with Crippen molar-refractivity contribution in [3.05, 3.63) is 48.8 Å². The number of benzene rings is 1. The summed E-state index contributed by atoms with van der Waals surface area (Å²) in [6.45, 7) is 1.70. The minimum atomic E-state index is 0.0806. The molecule has 1 saturated carbocycles. The average Bonchev–Trinajstić information content (AvgIpc) is 3.26. The van der Waals surface area contributed by atoms with Gasteiger partial charge in [0.25, 0.3) is 0 Å². The summed E-state index contributed by atoms with van der Waals surface area (Å²) in [7, 11) is 0. The summed E-state index contributed by atoms with van der Waals surface area (Å²) in [4.78, 5) is 16.2. The molecule has 1 saturated heterocycles. The lowest BCUT2D eigenvalue weighted by Gasteiger charge is -2.11. The van der Waals surface area contributed by atoms with Crippen LogP contribution in [0.4, 0.5) is 5.69 Å². The first kappa shape index (κ1) is 18.6. The lowest BCUT2D eigenvalue weighted by Crippen LogP contribution is -2.24. The molecule has 4 nitrogen and oxygen atoms in total. The topological polar surface area (TPSA) is 54.0 Å². The Labute approximate surface area is 156 Å². The van der Waals surface area contributed by atoms with Gasteiger partial charge in [-0.05, 0) is 36.7 Å². The van der Waals surface area contributed by atoms with E-state index in [4.69, 9.17) is 0 Å². The number of anilines is 1. The fraction of sp³-hybridized carbons (Fsp3) is 0.455. The minimum Gasteiger partial charge on any atom is -0.326 e. The van der Waals surface area contributed by atoms with Crippen molar-refractivity contribution in [2.45, 2.75) is 44.9 Å². The van der Waals surface area contributed by atoms with Gasteiger partial charge in [-0.3, -0.25) is 9.78 Å². The van der Waals surface area contributed by atoms with Gasteiger partial charge in [0.1, 0.15) is 0 Å². The molecule has 26 heavy (non-hydrogen) atoms. The molecule has 0 bridgehead atoms. The number of carbonyl (C=O) groups excluding carboxylic acids is 1. The molecule has 1 aromatic carbocycles. The van der Waals surface area contributed by atoms with Gasteiger partial charge in [-0.15, -0.1) is 0 Å². The normalized spacial score (nSPS) is 19.3. The number of carbonyl (C=O) groups is 1. The first-order valence-corrected chi connectivity index (χ1v) is 9.85. The number of rotatable bonds is 3. The van der Waals surface area contributed by atoms with E-state index in [0.717, 1.165) is 36.3 Å². The Kier molecular flexibility index (Phi) is 7.20. The Morgan fingerprint density at radius 1 is 1.00 bits per heavy atom. The summed E-state index contributed by atoms with van der Waals surface area (Å²) in [6, 6.07) is 11.8. The molecule has 1 aliphatic carbocycles. The van der Waals surface area contributed by atoms with E-state index in [1.54, 1.807) is 6.20 Å². The molecule has 1 amide bonds. The highest BCUT2D eigenvalue weighted by Gasteiger charge is 2.22. The number of amides is 1. The van der Waals surface area contributed by atoms with Crippen LogP contribution in [0.15, 0.2) is 48.8 Å². The molecule has 2 aromatic rings. The highest BCUT2D eigenvalue weighted by molar-refractivity contribution is 5.93. The second-order valence-electron chi connectivity index (χ2n) is 7.12. The summed E-state index contributed by atoms with van der Waals surface area (Å²) in [6.07, 6.45) is 13.5. The second kappa shape index (κ2) is 10.1. The third-order valence-corrected chi connectivity index (χ3v) is 5.06. The SMILES string of the molecule is C1CCCCC1.O=C(Nc1cccc(-c2cccnc2)c1)C1CCNC1. The van der Waals surface area contributed by atoms with Crippen molar-refractivity contribution in [2.24, 2.45) is 5.92 Å². The van der Waals surface area contributed by atoms with Gasteiger partial charge in [-0.25, -0.2) is 0 Å². The van der Waals surface area contributed by atoms with Crippen molar-refractivity contribution in [1.29, 1.82) is 0 Å². The maximum atomic E-state index is 12.1. The van der Waals surface area contributed by atoms with Crippen LogP contribution in [0.2, 0.25) is 0 Å². The number of hydrogen-bond acceptors (Lipinski definition) is 3. The molecule has 2 N–H and O–H groups in total. The summed E-state index contributed by atoms with van der Waals surface area (Å²) < 4.78 is 0. The number of nitrogens with zero attached hydrogens (tertiary/aromatic N) is 1. The average molecular weight is 351 g/mol. The van der Waals surface area contributed by atoms with Gasteiger partial charge in [0.2, 0.25) is 5.91 Å². The van der Waals surface area contributed by atoms with Crippen molar-refractivity contribution >= 4 is 11.6 Å². The van der Waals surface area contributed by atoms with Crippen LogP contribution < -0.4 is 10.6 Å². The molecule has 1 atom stereocenters. The van der Waals surface area contributed by atoms with Crippen LogP contribution in [0, 0.1) is 5.92 Å². The maximum absolute atomic E-state index is 12.1. The Morgan fingerprint density at radius 3 is 2.35 bits per heavy atom. The van der Waals surface area contributed by atoms with E-state index in [0.29, 0.717) is 0 Å². The standard InChI is InChI=1S/C16H17N3O.C6H12/c20-16(14-6-8-18-11-14)19-15-5-1-3-12(9-15)13-4-2-7-17-10-13;1-2-4-6-5-3-1/h1-5,7,9-10,14,18H,6,8,11H2,(H,19,20);1-6H2. The van der Waals surface area contributed by atoms with Crippen LogP contribution in [0.5, 0.6) is 0 Å². The Balaban J connectivity index is 0.000000278. The lowest BCUT2D eigenvalue weighted by atomic mass is 10.0. The van der Waals surface area contributed by atoms with Gasteiger partial charge < -0.3 is 10.6 Å². The Morgan fingerprint density at radius 2 is 1.73 bits per heavy atom. The molecule has 2 aliphatic rings. The van der Waals surface area contributed by atoms with E-state index in [1.165, 1.54) is 38.5 Å². The van der Waals surface area contributed by atoms with Crippen LogP contribution in [0.25, 0.3) is 11.1 Å². The molecule has 4 rings (SSSR count). The van der Waals surface area contributed by atoms with Crippen LogP contribution in [-0.4, -0.2) is 24.0 Å². The molecular weight excluding hydrogens is 322 g/mol. The largest absolute Gasteiger partial charge is 0.326 e. The third kappa shape index (κ3) is 5.67. The highest BCUT2D eigenvalue weighted by atomic mass is 16.1. The summed E-state index contributed by atoms with van der Waals surface area (Å²) in [5.74, 6) is 0.176. The predicted octanol–water partition coefficient (Wildman–Crippen LogP) is 4.64. The van der Waals surface area contributed by atoms with E-state index in [-0.39, 0.29) is 11.8 Å². The molecule has 1 aromatic heterocycles. The van der Waals surface area contributed by atoms with Crippen molar-refractivity contribution < 1.29 is 4.79 Å². The molecule has 138 valence electrons. The smallest absolute Gasteiger partial charge is 0.228 e. The quantitative estimate of drug-likeness (QED) is 0.847. The number of nitrogens with one attached hydrogen (secondary N) is 2. The van der Waals surface area contributed by atoms with Crippen molar-refractivity contribution in [3.8, 4) is 11.1 Å². The molecule has 2 heterocycles. The lowest BCUT2D eigenvalue weighted by molar-refractivity contribution is -0.119. The highest BCUT2D eigenvalue weighted by Crippen LogP contribution is 2.22. The summed E-state index contributed by atoms with van der Waals surface area (Å²) >= 11 is 0. The van der Waals surface area contributed by atoms with Gasteiger partial charge in [0, 0.05) is 30.2 Å². The first-order valence-electron chi connectivity index (χ1n) is 9.85. The molecule has 2 fully saturated rings. The minimum absolute atomic E-state index is 0.0806. The summed E-state index contributed by atoms with van der Waals surface area (Å²) in [5, 5.41) is 6.20. The third-order valence-electron chi connectivity index (χ3n) is 5.06. The van der Waals surface area contributed by atoms with E-state index in [2.05, 4.69) is 15.6 Å². The van der Waals surface area contributed by atoms with E-state index in [1.807, 2.05) is 42.6 Å². The Hall–Kier alpha value is -2.20. The van der Waals surface area contributed by atoms with E-state index < -0.39 is 0 Å². The van der Waals surface area contributed by atoms with E-state index >= 15 is 0 Å². The zero-order valence-electron chi connectivity index (χ0n) is 15.4. The predicted molar refractivity (Wildman–Crippen MR) is 107 cm³/mol. The second-order valence-corrected chi connectivity index (χ2v) is 7.12. The van der Waals surface area contributed by atoms with Gasteiger partial charge in [-0.1, -0.05) is 56.7 Å². The van der Waals surface area contributed by atoms with Gasteiger partial charge >= 0.3 is 0 Å². The van der Waals surface area contributed by atoms with Crippen LogP contribution in [0.1, 0.15) is 44.9 Å². The molecule has 1 unspecified atom stereocenters. The fourth-order valence-corrected chi connectivity index (χ4v) is 3.49. The number of pyridine rings is 1. The maximum Gasteiger partial charge on any atom is 0.228 e. The van der Waals surface area contributed by atoms with Crippen molar-refractivity contribution in [3.63, 3.8) is 0 Å². The first-order chi connectivity index (χ1) is 12.8. The molecular formula is C22H29N3O. The molecule has 0 radical (unpaired) electrons. The Bertz CT molecular complexity index is 665. The summed E-state index contributed by atoms with van der Waals surface area (Å²) in [5.41, 5.74) is 2.94. The van der Waals surface area contributed by atoms with Crippen LogP contribution >= 0.6 is 0 Å². The van der Waals surface area contributed by atoms with Gasteiger partial charge in [0.15, 0.2) is 0 Å². The zero-order chi connectivity index (χ0) is 18.0. The number of aromatic nitrogens is 1. The molecule has 4 heteroatoms.